The monoisotopic (exact) mass is 296 g/mol. The van der Waals surface area contributed by atoms with E-state index in [4.69, 9.17) is 0 Å². The molecule has 1 saturated heterocycles. The molecule has 2 N–H and O–H groups in total. The maximum Gasteiger partial charge on any atom is 0.251 e. The molecule has 1 saturated carbocycles. The number of aliphatic hydroxyl groups is 1. The summed E-state index contributed by atoms with van der Waals surface area (Å²) in [5, 5.41) is 13.4. The molecule has 0 spiro atoms. The van der Waals surface area contributed by atoms with E-state index in [1.165, 1.54) is 19.4 Å². The molecule has 0 bridgehead atoms. The van der Waals surface area contributed by atoms with Gasteiger partial charge in [-0.2, -0.15) is 0 Å². The molecule has 21 heavy (non-hydrogen) atoms. The summed E-state index contributed by atoms with van der Waals surface area (Å²) in [4.78, 5) is 14.8. The van der Waals surface area contributed by atoms with Crippen LogP contribution in [0.4, 0.5) is 0 Å². The maximum atomic E-state index is 12.2. The van der Waals surface area contributed by atoms with E-state index >= 15 is 0 Å². The fraction of sp³-hybridized carbons (Fsp3) is 0.941. The van der Waals surface area contributed by atoms with Crippen molar-refractivity contribution < 1.29 is 9.90 Å². The Labute approximate surface area is 129 Å². The molecule has 0 radical (unpaired) electrons. The van der Waals surface area contributed by atoms with Crippen molar-refractivity contribution in [1.29, 1.82) is 0 Å². The standard InChI is InChI=1S/C17H32N2O2/c1-14(2)12-19-10-6-7-15(13-19)11-18-16(20)17(21)8-4-3-5-9-17/h14-15,21H,3-13H2,1-2H3,(H,18,20). The second-order valence-corrected chi connectivity index (χ2v) is 7.46. The third kappa shape index (κ3) is 4.96. The van der Waals surface area contributed by atoms with Gasteiger partial charge in [-0.05, 0) is 44.1 Å². The van der Waals surface area contributed by atoms with Crippen molar-refractivity contribution in [2.45, 2.75) is 64.4 Å². The highest BCUT2D eigenvalue weighted by molar-refractivity contribution is 5.84. The Bertz CT molecular complexity index is 338. The first-order chi connectivity index (χ1) is 9.99. The number of carbonyl (C=O) groups is 1. The Morgan fingerprint density at radius 2 is 2.00 bits per heavy atom. The number of nitrogens with zero attached hydrogens (tertiary/aromatic N) is 1. The molecule has 2 fully saturated rings. The van der Waals surface area contributed by atoms with Crippen molar-refractivity contribution in [3.63, 3.8) is 0 Å². The van der Waals surface area contributed by atoms with Crippen LogP contribution in [-0.4, -0.2) is 47.7 Å². The SMILES string of the molecule is CC(C)CN1CCCC(CNC(=O)C2(O)CCCCC2)C1. The van der Waals surface area contributed by atoms with Gasteiger partial charge in [-0.15, -0.1) is 0 Å². The molecule has 1 unspecified atom stereocenters. The summed E-state index contributed by atoms with van der Waals surface area (Å²) in [5.74, 6) is 1.10. The van der Waals surface area contributed by atoms with E-state index in [9.17, 15) is 9.90 Å². The number of piperidine rings is 1. The van der Waals surface area contributed by atoms with Crippen LogP contribution in [0.15, 0.2) is 0 Å². The zero-order chi connectivity index (χ0) is 15.3. The molecule has 2 aliphatic rings. The van der Waals surface area contributed by atoms with E-state index in [0.29, 0.717) is 24.7 Å². The van der Waals surface area contributed by atoms with Gasteiger partial charge in [-0.3, -0.25) is 4.79 Å². The predicted molar refractivity (Wildman–Crippen MR) is 85.0 cm³/mol. The molecule has 1 atom stereocenters. The van der Waals surface area contributed by atoms with Gasteiger partial charge in [0, 0.05) is 19.6 Å². The number of hydrogen-bond donors (Lipinski definition) is 2. The first-order valence-electron chi connectivity index (χ1n) is 8.72. The number of amides is 1. The minimum atomic E-state index is -1.09. The third-order valence-electron chi connectivity index (χ3n) is 4.88. The fourth-order valence-electron chi connectivity index (χ4n) is 3.77. The summed E-state index contributed by atoms with van der Waals surface area (Å²) < 4.78 is 0. The van der Waals surface area contributed by atoms with Gasteiger partial charge in [-0.1, -0.05) is 33.1 Å². The summed E-state index contributed by atoms with van der Waals surface area (Å²) in [6.07, 6.45) is 6.74. The summed E-state index contributed by atoms with van der Waals surface area (Å²) in [6, 6.07) is 0. The molecule has 4 heteroatoms. The predicted octanol–water partition coefficient (Wildman–Crippen LogP) is 2.17. The number of nitrogens with one attached hydrogen (secondary N) is 1. The molecule has 0 aromatic rings. The van der Waals surface area contributed by atoms with Crippen LogP contribution in [0.2, 0.25) is 0 Å². The molecule has 1 heterocycles. The van der Waals surface area contributed by atoms with Crippen LogP contribution in [0.25, 0.3) is 0 Å². The average molecular weight is 296 g/mol. The molecule has 2 rings (SSSR count). The van der Waals surface area contributed by atoms with Crippen LogP contribution < -0.4 is 5.32 Å². The van der Waals surface area contributed by atoms with Crippen molar-refractivity contribution in [1.82, 2.24) is 10.2 Å². The van der Waals surface area contributed by atoms with Crippen LogP contribution in [0.3, 0.4) is 0 Å². The highest BCUT2D eigenvalue weighted by Gasteiger charge is 2.37. The van der Waals surface area contributed by atoms with E-state index in [-0.39, 0.29) is 5.91 Å². The van der Waals surface area contributed by atoms with Gasteiger partial charge in [0.1, 0.15) is 5.60 Å². The van der Waals surface area contributed by atoms with Crippen molar-refractivity contribution in [2.24, 2.45) is 11.8 Å². The lowest BCUT2D eigenvalue weighted by Gasteiger charge is -2.35. The molecule has 1 aliphatic carbocycles. The Morgan fingerprint density at radius 1 is 1.29 bits per heavy atom. The Hall–Kier alpha value is -0.610. The maximum absolute atomic E-state index is 12.2. The number of rotatable bonds is 5. The van der Waals surface area contributed by atoms with Crippen molar-refractivity contribution >= 4 is 5.91 Å². The lowest BCUT2D eigenvalue weighted by atomic mass is 9.84. The lowest BCUT2D eigenvalue weighted by molar-refractivity contribution is -0.143. The van der Waals surface area contributed by atoms with Crippen LogP contribution >= 0.6 is 0 Å². The van der Waals surface area contributed by atoms with Crippen molar-refractivity contribution in [2.75, 3.05) is 26.2 Å². The highest BCUT2D eigenvalue weighted by atomic mass is 16.3. The van der Waals surface area contributed by atoms with Gasteiger partial charge in [-0.25, -0.2) is 0 Å². The summed E-state index contributed by atoms with van der Waals surface area (Å²) >= 11 is 0. The van der Waals surface area contributed by atoms with E-state index < -0.39 is 5.60 Å². The van der Waals surface area contributed by atoms with Crippen LogP contribution in [0, 0.1) is 11.8 Å². The van der Waals surface area contributed by atoms with Crippen molar-refractivity contribution in [3.05, 3.63) is 0 Å². The zero-order valence-electron chi connectivity index (χ0n) is 13.7. The molecule has 4 nitrogen and oxygen atoms in total. The Kier molecular flexibility index (Phi) is 6.06. The highest BCUT2D eigenvalue weighted by Crippen LogP contribution is 2.28. The minimum Gasteiger partial charge on any atom is -0.380 e. The normalized spacial score (nSPS) is 26.8. The Morgan fingerprint density at radius 3 is 2.67 bits per heavy atom. The van der Waals surface area contributed by atoms with E-state index in [1.807, 2.05) is 0 Å². The van der Waals surface area contributed by atoms with Gasteiger partial charge >= 0.3 is 0 Å². The number of carbonyl (C=O) groups excluding carboxylic acids is 1. The molecule has 122 valence electrons. The van der Waals surface area contributed by atoms with Gasteiger partial charge in [0.15, 0.2) is 0 Å². The van der Waals surface area contributed by atoms with Crippen LogP contribution in [-0.2, 0) is 4.79 Å². The van der Waals surface area contributed by atoms with Gasteiger partial charge in [0.2, 0.25) is 0 Å². The molecule has 1 aliphatic heterocycles. The van der Waals surface area contributed by atoms with E-state index in [2.05, 4.69) is 24.1 Å². The topological polar surface area (TPSA) is 52.6 Å². The van der Waals surface area contributed by atoms with Crippen LogP contribution in [0.5, 0.6) is 0 Å². The first kappa shape index (κ1) is 16.8. The second-order valence-electron chi connectivity index (χ2n) is 7.46. The molecular formula is C17H32N2O2. The van der Waals surface area contributed by atoms with Crippen LogP contribution in [0.1, 0.15) is 58.8 Å². The summed E-state index contributed by atoms with van der Waals surface area (Å²) in [5.41, 5.74) is -1.09. The lowest BCUT2D eigenvalue weighted by Crippen LogP contribution is -2.50. The third-order valence-corrected chi connectivity index (χ3v) is 4.88. The average Bonchev–Trinajstić information content (AvgIpc) is 2.45. The van der Waals surface area contributed by atoms with Gasteiger partial charge in [0.25, 0.3) is 5.91 Å². The minimum absolute atomic E-state index is 0.136. The number of hydrogen-bond acceptors (Lipinski definition) is 3. The molecule has 0 aromatic carbocycles. The van der Waals surface area contributed by atoms with Gasteiger partial charge in [0.05, 0.1) is 0 Å². The van der Waals surface area contributed by atoms with Crippen molar-refractivity contribution in [3.8, 4) is 0 Å². The van der Waals surface area contributed by atoms with E-state index in [0.717, 1.165) is 38.9 Å². The quantitative estimate of drug-likeness (QED) is 0.817. The summed E-state index contributed by atoms with van der Waals surface area (Å²) in [6.45, 7) is 8.64. The summed E-state index contributed by atoms with van der Waals surface area (Å²) in [7, 11) is 0. The Balaban J connectivity index is 1.75. The van der Waals surface area contributed by atoms with E-state index in [1.54, 1.807) is 0 Å². The molecular weight excluding hydrogens is 264 g/mol. The van der Waals surface area contributed by atoms with Gasteiger partial charge < -0.3 is 15.3 Å². The second kappa shape index (κ2) is 7.59. The smallest absolute Gasteiger partial charge is 0.251 e. The fourth-order valence-corrected chi connectivity index (χ4v) is 3.77. The first-order valence-corrected chi connectivity index (χ1v) is 8.72. The largest absolute Gasteiger partial charge is 0.380 e. The number of likely N-dealkylation sites (tertiary alicyclic amines) is 1. The molecule has 1 amide bonds. The zero-order valence-corrected chi connectivity index (χ0v) is 13.7. The molecule has 0 aromatic heterocycles.